The summed E-state index contributed by atoms with van der Waals surface area (Å²) in [5.41, 5.74) is 2.31. The fraction of sp³-hybridized carbons (Fsp3) is 0.722. The van der Waals surface area contributed by atoms with E-state index in [9.17, 15) is 4.79 Å². The Bertz CT molecular complexity index is 576. The monoisotopic (exact) mass is 350 g/mol. The fourth-order valence-corrected chi connectivity index (χ4v) is 2.62. The van der Waals surface area contributed by atoms with Crippen molar-refractivity contribution in [2.45, 2.75) is 59.5 Å². The quantitative estimate of drug-likeness (QED) is 0.554. The minimum absolute atomic E-state index is 0.0339. The molecule has 0 saturated carbocycles. The maximum Gasteiger partial charge on any atom is 0.222 e. The molecular weight excluding hydrogens is 316 g/mol. The fourth-order valence-electron chi connectivity index (χ4n) is 2.62. The van der Waals surface area contributed by atoms with Gasteiger partial charge < -0.3 is 15.5 Å². The molecule has 0 aliphatic carbocycles. The van der Waals surface area contributed by atoms with Gasteiger partial charge in [0.15, 0.2) is 5.96 Å². The number of nitrogens with zero attached hydrogens (tertiary/aromatic N) is 4. The molecule has 0 aromatic carbocycles. The van der Waals surface area contributed by atoms with Gasteiger partial charge in [-0.25, -0.2) is 0 Å². The Labute approximate surface area is 151 Å². The van der Waals surface area contributed by atoms with Crippen molar-refractivity contribution in [3.8, 4) is 0 Å². The number of aryl methyl sites for hydroxylation is 1. The van der Waals surface area contributed by atoms with Gasteiger partial charge in [-0.2, -0.15) is 5.10 Å². The van der Waals surface area contributed by atoms with Crippen molar-refractivity contribution in [3.05, 3.63) is 17.5 Å². The van der Waals surface area contributed by atoms with Crippen LogP contribution in [0, 0.1) is 0 Å². The first-order valence-electron chi connectivity index (χ1n) is 9.05. The van der Waals surface area contributed by atoms with Crippen molar-refractivity contribution in [3.63, 3.8) is 0 Å². The maximum absolute atomic E-state index is 11.8. The molecule has 25 heavy (non-hydrogen) atoms. The van der Waals surface area contributed by atoms with Crippen LogP contribution in [0.2, 0.25) is 0 Å². The van der Waals surface area contributed by atoms with Crippen molar-refractivity contribution >= 4 is 11.9 Å². The van der Waals surface area contributed by atoms with Crippen LogP contribution in [0.4, 0.5) is 0 Å². The predicted octanol–water partition coefficient (Wildman–Crippen LogP) is 1.86. The lowest BCUT2D eigenvalue weighted by Crippen LogP contribution is -2.39. The lowest BCUT2D eigenvalue weighted by Gasteiger charge is -2.22. The molecule has 0 aliphatic rings. The molecule has 1 aromatic heterocycles. The highest BCUT2D eigenvalue weighted by Gasteiger charge is 2.15. The highest BCUT2D eigenvalue weighted by Crippen LogP contribution is 2.18. The van der Waals surface area contributed by atoms with Crippen molar-refractivity contribution < 1.29 is 4.79 Å². The van der Waals surface area contributed by atoms with Crippen LogP contribution in [-0.2, 0) is 18.4 Å². The number of carbonyl (C=O) groups excluding carboxylic acids is 1. The normalized spacial score (nSPS) is 12.0. The third-order valence-corrected chi connectivity index (χ3v) is 3.64. The Kier molecular flexibility index (Phi) is 8.45. The third-order valence-electron chi connectivity index (χ3n) is 3.64. The minimum atomic E-state index is 0.0339. The standard InChI is InChI=1S/C18H34N6O/c1-8-19-18(20-10-9-16(25)21-14(4)5)23(6)11-15-12-24(7)22-17(15)13(2)3/h12-14H,8-11H2,1-7H3,(H,19,20)(H,21,25). The second-order valence-electron chi connectivity index (χ2n) is 6.93. The summed E-state index contributed by atoms with van der Waals surface area (Å²) >= 11 is 0. The number of nitrogens with one attached hydrogen (secondary N) is 2. The molecule has 0 atom stereocenters. The Morgan fingerprint density at radius 1 is 1.36 bits per heavy atom. The van der Waals surface area contributed by atoms with E-state index in [1.165, 1.54) is 5.56 Å². The molecule has 2 N–H and O–H groups in total. The van der Waals surface area contributed by atoms with Gasteiger partial charge in [-0.15, -0.1) is 0 Å². The minimum Gasteiger partial charge on any atom is -0.357 e. The van der Waals surface area contributed by atoms with Crippen LogP contribution in [0.25, 0.3) is 0 Å². The molecule has 7 heteroatoms. The van der Waals surface area contributed by atoms with Crippen LogP contribution in [0.3, 0.4) is 0 Å². The summed E-state index contributed by atoms with van der Waals surface area (Å²) in [6, 6.07) is 0.160. The van der Waals surface area contributed by atoms with Crippen molar-refractivity contribution in [1.29, 1.82) is 0 Å². The summed E-state index contributed by atoms with van der Waals surface area (Å²) in [6.07, 6.45) is 2.45. The smallest absolute Gasteiger partial charge is 0.222 e. The van der Waals surface area contributed by atoms with E-state index in [-0.39, 0.29) is 11.9 Å². The molecule has 0 bridgehead atoms. The lowest BCUT2D eigenvalue weighted by molar-refractivity contribution is -0.121. The zero-order valence-corrected chi connectivity index (χ0v) is 16.8. The van der Waals surface area contributed by atoms with Crippen LogP contribution in [0.15, 0.2) is 11.2 Å². The van der Waals surface area contributed by atoms with E-state index in [4.69, 9.17) is 0 Å². The largest absolute Gasteiger partial charge is 0.357 e. The Morgan fingerprint density at radius 2 is 2.04 bits per heavy atom. The molecule has 0 unspecified atom stereocenters. The lowest BCUT2D eigenvalue weighted by atomic mass is 10.1. The van der Waals surface area contributed by atoms with Gasteiger partial charge in [0.2, 0.25) is 5.91 Å². The van der Waals surface area contributed by atoms with Gasteiger partial charge in [0.25, 0.3) is 0 Å². The second-order valence-corrected chi connectivity index (χ2v) is 6.93. The van der Waals surface area contributed by atoms with Crippen molar-refractivity contribution in [2.24, 2.45) is 12.0 Å². The van der Waals surface area contributed by atoms with Crippen molar-refractivity contribution in [2.75, 3.05) is 20.1 Å². The van der Waals surface area contributed by atoms with Gasteiger partial charge in [0, 0.05) is 51.4 Å². The molecule has 1 aromatic rings. The topological polar surface area (TPSA) is 74.6 Å². The van der Waals surface area contributed by atoms with Gasteiger partial charge in [0.05, 0.1) is 12.2 Å². The Balaban J connectivity index is 2.74. The van der Waals surface area contributed by atoms with E-state index in [0.29, 0.717) is 18.9 Å². The molecule has 142 valence electrons. The van der Waals surface area contributed by atoms with Gasteiger partial charge in [-0.1, -0.05) is 13.8 Å². The molecule has 1 rings (SSSR count). The molecule has 0 radical (unpaired) electrons. The molecule has 7 nitrogen and oxygen atoms in total. The summed E-state index contributed by atoms with van der Waals surface area (Å²) in [6.45, 7) is 12.2. The summed E-state index contributed by atoms with van der Waals surface area (Å²) in [7, 11) is 3.95. The van der Waals surface area contributed by atoms with Crippen molar-refractivity contribution in [1.82, 2.24) is 25.3 Å². The van der Waals surface area contributed by atoms with E-state index >= 15 is 0 Å². The number of hydrogen-bond donors (Lipinski definition) is 2. The molecule has 0 saturated heterocycles. The highest BCUT2D eigenvalue weighted by molar-refractivity contribution is 5.80. The zero-order valence-electron chi connectivity index (χ0n) is 16.8. The SMILES string of the molecule is CCNC(=NCCC(=O)NC(C)C)N(C)Cc1cn(C)nc1C(C)C. The number of guanidine groups is 1. The molecule has 0 spiro atoms. The number of carbonyl (C=O) groups is 1. The molecule has 1 amide bonds. The summed E-state index contributed by atoms with van der Waals surface area (Å²) in [4.78, 5) is 18.4. The number of rotatable bonds is 8. The summed E-state index contributed by atoms with van der Waals surface area (Å²) < 4.78 is 1.86. The molecular formula is C18H34N6O. The highest BCUT2D eigenvalue weighted by atomic mass is 16.1. The van der Waals surface area contributed by atoms with E-state index in [1.807, 2.05) is 39.5 Å². The molecule has 0 fully saturated rings. The molecule has 0 aliphatic heterocycles. The van der Waals surface area contributed by atoms with Crippen LogP contribution >= 0.6 is 0 Å². The zero-order chi connectivity index (χ0) is 19.0. The first kappa shape index (κ1) is 21.0. The second kappa shape index (κ2) is 10.1. The summed E-state index contributed by atoms with van der Waals surface area (Å²) in [5, 5.41) is 10.7. The van der Waals surface area contributed by atoms with E-state index in [1.54, 1.807) is 0 Å². The van der Waals surface area contributed by atoms with Crippen LogP contribution in [0.5, 0.6) is 0 Å². The van der Waals surface area contributed by atoms with E-state index < -0.39 is 0 Å². The van der Waals surface area contributed by atoms with Gasteiger partial charge in [-0.05, 0) is 26.7 Å². The van der Waals surface area contributed by atoms with Gasteiger partial charge in [0.1, 0.15) is 0 Å². The third kappa shape index (κ3) is 7.15. The maximum atomic E-state index is 11.8. The molecule has 1 heterocycles. The average Bonchev–Trinajstić information content (AvgIpc) is 2.86. The average molecular weight is 351 g/mol. The summed E-state index contributed by atoms with van der Waals surface area (Å²) in [5.74, 6) is 1.22. The van der Waals surface area contributed by atoms with Crippen LogP contribution in [-0.4, -0.2) is 52.7 Å². The first-order valence-corrected chi connectivity index (χ1v) is 9.05. The number of aliphatic imine (C=N–C) groups is 1. The van der Waals surface area contributed by atoms with E-state index in [0.717, 1.165) is 24.7 Å². The van der Waals surface area contributed by atoms with E-state index in [2.05, 4.69) is 45.7 Å². The number of aromatic nitrogens is 2. The van der Waals surface area contributed by atoms with Gasteiger partial charge in [-0.3, -0.25) is 14.5 Å². The Morgan fingerprint density at radius 3 is 2.60 bits per heavy atom. The number of hydrogen-bond acceptors (Lipinski definition) is 3. The van der Waals surface area contributed by atoms with Crippen LogP contribution < -0.4 is 10.6 Å². The predicted molar refractivity (Wildman–Crippen MR) is 103 cm³/mol. The van der Waals surface area contributed by atoms with Gasteiger partial charge >= 0.3 is 0 Å². The first-order chi connectivity index (χ1) is 11.7. The Hall–Kier alpha value is -2.05. The number of amides is 1. The van der Waals surface area contributed by atoms with Crippen LogP contribution in [0.1, 0.15) is 58.2 Å².